The zero-order chi connectivity index (χ0) is 17.9. The fourth-order valence-electron chi connectivity index (χ4n) is 1.62. The van der Waals surface area contributed by atoms with Crippen LogP contribution in [-0.4, -0.2) is 23.7 Å². The highest BCUT2D eigenvalue weighted by molar-refractivity contribution is 7.86. The van der Waals surface area contributed by atoms with Gasteiger partial charge in [-0.05, 0) is 23.6 Å². The molecule has 0 spiro atoms. The van der Waals surface area contributed by atoms with Crippen molar-refractivity contribution < 1.29 is 31.6 Å². The van der Waals surface area contributed by atoms with Gasteiger partial charge in [0, 0.05) is 6.07 Å². The summed E-state index contributed by atoms with van der Waals surface area (Å²) in [6.07, 6.45) is -4.85. The van der Waals surface area contributed by atoms with E-state index in [0.717, 1.165) is 29.5 Å². The molecule has 1 unspecified atom stereocenters. The van der Waals surface area contributed by atoms with E-state index in [1.165, 1.54) is 13.2 Å². The molecule has 0 aliphatic rings. The van der Waals surface area contributed by atoms with E-state index in [2.05, 4.69) is 14.2 Å². The Bertz CT molecular complexity index is 779. The molecule has 0 aliphatic carbocycles. The van der Waals surface area contributed by atoms with Gasteiger partial charge in [-0.3, -0.25) is 4.72 Å². The van der Waals surface area contributed by atoms with E-state index >= 15 is 0 Å². The zero-order valence-electron chi connectivity index (χ0n) is 11.8. The smallest absolute Gasteiger partial charge is 0.465 e. The van der Waals surface area contributed by atoms with E-state index in [-0.39, 0.29) is 20.5 Å². The van der Waals surface area contributed by atoms with E-state index in [1.54, 1.807) is 5.38 Å². The van der Waals surface area contributed by atoms with Gasteiger partial charge in [0.05, 0.1) is 22.7 Å². The van der Waals surface area contributed by atoms with Crippen LogP contribution < -0.4 is 9.46 Å². The molecular formula is C13H9ClF3NO4S2. The van der Waals surface area contributed by atoms with Gasteiger partial charge in [0.25, 0.3) is 0 Å². The molecule has 0 bridgehead atoms. The first-order valence-electron chi connectivity index (χ1n) is 6.11. The maximum Gasteiger partial charge on any atom is 0.573 e. The van der Waals surface area contributed by atoms with Gasteiger partial charge in [-0.15, -0.1) is 24.5 Å². The van der Waals surface area contributed by atoms with Crippen molar-refractivity contribution in [3.05, 3.63) is 39.5 Å². The van der Waals surface area contributed by atoms with E-state index in [9.17, 15) is 22.2 Å². The molecule has 1 N–H and O–H groups in total. The Morgan fingerprint density at radius 3 is 2.62 bits per heavy atom. The maximum atomic E-state index is 12.3. The van der Waals surface area contributed by atoms with Gasteiger partial charge in [0.2, 0.25) is 0 Å². The average Bonchev–Trinajstić information content (AvgIpc) is 2.92. The molecule has 1 aromatic heterocycles. The van der Waals surface area contributed by atoms with Crippen LogP contribution in [0.5, 0.6) is 5.75 Å². The molecule has 2 aromatic rings. The first kappa shape index (κ1) is 18.6. The van der Waals surface area contributed by atoms with Crippen molar-refractivity contribution in [2.45, 2.75) is 11.3 Å². The second-order valence-corrected chi connectivity index (χ2v) is 6.67. The first-order valence-corrected chi connectivity index (χ1v) is 8.51. The van der Waals surface area contributed by atoms with Crippen LogP contribution in [0.4, 0.5) is 18.9 Å². The Morgan fingerprint density at radius 1 is 1.33 bits per heavy atom. The molecule has 130 valence electrons. The van der Waals surface area contributed by atoms with Crippen LogP contribution >= 0.6 is 22.9 Å². The molecule has 2 rings (SSSR count). The second kappa shape index (κ2) is 7.41. The first-order chi connectivity index (χ1) is 11.2. The van der Waals surface area contributed by atoms with Crippen molar-refractivity contribution in [2.75, 3.05) is 11.8 Å². The summed E-state index contributed by atoms with van der Waals surface area (Å²) in [6.45, 7) is 0. The van der Waals surface area contributed by atoms with Crippen molar-refractivity contribution >= 4 is 45.6 Å². The Labute approximate surface area is 145 Å². The molecule has 1 heterocycles. The van der Waals surface area contributed by atoms with Crippen LogP contribution in [0.15, 0.2) is 34.5 Å². The summed E-state index contributed by atoms with van der Waals surface area (Å²) in [5.74, 6) is -1.14. The Balaban J connectivity index is 2.19. The number of hydrogen-bond acceptors (Lipinski definition) is 5. The lowest BCUT2D eigenvalue weighted by molar-refractivity contribution is -0.274. The van der Waals surface area contributed by atoms with E-state index in [1.807, 2.05) is 0 Å². The lowest BCUT2D eigenvalue weighted by Crippen LogP contribution is -2.17. The Kier molecular flexibility index (Phi) is 5.73. The third-order valence-corrected chi connectivity index (χ3v) is 5.06. The van der Waals surface area contributed by atoms with Crippen LogP contribution in [0.3, 0.4) is 0 Å². The number of esters is 1. The molecule has 24 heavy (non-hydrogen) atoms. The molecule has 0 saturated carbocycles. The number of carbonyl (C=O) groups excluding carboxylic acids is 1. The lowest BCUT2D eigenvalue weighted by atomic mass is 10.3. The Morgan fingerprint density at radius 2 is 2.04 bits per heavy atom. The third kappa shape index (κ3) is 4.62. The summed E-state index contributed by atoms with van der Waals surface area (Å²) in [6, 6.07) is 4.54. The number of benzene rings is 1. The molecule has 0 radical (unpaired) electrons. The number of carbonyl (C=O) groups is 1. The third-order valence-electron chi connectivity index (χ3n) is 2.58. The van der Waals surface area contributed by atoms with E-state index in [4.69, 9.17) is 11.6 Å². The van der Waals surface area contributed by atoms with Crippen LogP contribution in [-0.2, 0) is 15.7 Å². The SMILES string of the molecule is COC(=O)c1sccc1NS(=O)c1ccc(OC(F)(F)F)cc1Cl. The summed E-state index contributed by atoms with van der Waals surface area (Å²) in [7, 11) is -0.697. The summed E-state index contributed by atoms with van der Waals surface area (Å²) >= 11 is 6.94. The van der Waals surface area contributed by atoms with Gasteiger partial charge in [0.15, 0.2) is 11.0 Å². The topological polar surface area (TPSA) is 64.6 Å². The van der Waals surface area contributed by atoms with Crippen molar-refractivity contribution in [1.82, 2.24) is 0 Å². The summed E-state index contributed by atoms with van der Waals surface area (Å²) in [4.78, 5) is 11.8. The minimum Gasteiger partial charge on any atom is -0.465 e. The van der Waals surface area contributed by atoms with E-state index < -0.39 is 29.1 Å². The number of ether oxygens (including phenoxy) is 2. The van der Waals surface area contributed by atoms with Gasteiger partial charge < -0.3 is 9.47 Å². The van der Waals surface area contributed by atoms with Crippen molar-refractivity contribution in [3.63, 3.8) is 0 Å². The standard InChI is InChI=1S/C13H9ClF3NO4S2/c1-21-12(19)11-9(4-5-23-11)18-24(20)10-3-2-7(6-8(10)14)22-13(15,16)17/h2-6,18H,1H3. The van der Waals surface area contributed by atoms with Crippen LogP contribution in [0.1, 0.15) is 9.67 Å². The van der Waals surface area contributed by atoms with Crippen molar-refractivity contribution in [2.24, 2.45) is 0 Å². The largest absolute Gasteiger partial charge is 0.573 e. The van der Waals surface area contributed by atoms with Gasteiger partial charge in [0.1, 0.15) is 10.6 Å². The summed E-state index contributed by atoms with van der Waals surface area (Å²) in [5.41, 5.74) is 0.261. The zero-order valence-corrected chi connectivity index (χ0v) is 14.2. The van der Waals surface area contributed by atoms with Crippen molar-refractivity contribution in [3.8, 4) is 5.75 Å². The molecule has 5 nitrogen and oxygen atoms in total. The lowest BCUT2D eigenvalue weighted by Gasteiger charge is -2.11. The predicted molar refractivity (Wildman–Crippen MR) is 83.8 cm³/mol. The van der Waals surface area contributed by atoms with Gasteiger partial charge >= 0.3 is 12.3 Å². The number of anilines is 1. The average molecular weight is 400 g/mol. The number of rotatable bonds is 5. The molecule has 1 aromatic carbocycles. The fourth-order valence-corrected chi connectivity index (χ4v) is 3.74. The quantitative estimate of drug-likeness (QED) is 0.764. The maximum absolute atomic E-state index is 12.3. The van der Waals surface area contributed by atoms with Gasteiger partial charge in [-0.25, -0.2) is 9.00 Å². The normalized spacial score (nSPS) is 12.5. The highest BCUT2D eigenvalue weighted by atomic mass is 35.5. The monoisotopic (exact) mass is 399 g/mol. The summed E-state index contributed by atoms with van der Waals surface area (Å²) < 4.78 is 59.7. The number of alkyl halides is 3. The molecule has 0 amide bonds. The fraction of sp³-hybridized carbons (Fsp3) is 0.154. The number of nitrogens with one attached hydrogen (secondary N) is 1. The minimum atomic E-state index is -4.85. The van der Waals surface area contributed by atoms with Gasteiger partial charge in [-0.2, -0.15) is 0 Å². The van der Waals surface area contributed by atoms with Gasteiger partial charge in [-0.1, -0.05) is 11.6 Å². The highest BCUT2D eigenvalue weighted by Crippen LogP contribution is 2.31. The molecule has 0 aliphatic heterocycles. The van der Waals surface area contributed by atoms with Crippen LogP contribution in [0.25, 0.3) is 0 Å². The summed E-state index contributed by atoms with van der Waals surface area (Å²) in [5, 5.41) is 1.41. The van der Waals surface area contributed by atoms with Crippen molar-refractivity contribution in [1.29, 1.82) is 0 Å². The van der Waals surface area contributed by atoms with E-state index in [0.29, 0.717) is 0 Å². The number of halogens is 4. The number of thiophene rings is 1. The molecule has 0 saturated heterocycles. The number of methoxy groups -OCH3 is 1. The molecule has 1 atom stereocenters. The van der Waals surface area contributed by atoms with Crippen LogP contribution in [0.2, 0.25) is 5.02 Å². The second-order valence-electron chi connectivity index (χ2n) is 4.17. The molecular weight excluding hydrogens is 391 g/mol. The molecule has 0 fully saturated rings. The molecule has 11 heteroatoms. The Hall–Kier alpha value is -1.78. The predicted octanol–water partition coefficient (Wildman–Crippen LogP) is 4.22. The number of hydrogen-bond donors (Lipinski definition) is 1. The highest BCUT2D eigenvalue weighted by Gasteiger charge is 2.31. The van der Waals surface area contributed by atoms with Crippen LogP contribution in [0, 0.1) is 0 Å². The minimum absolute atomic E-state index is 0.0354.